The van der Waals surface area contributed by atoms with Crippen LogP contribution in [0, 0.1) is 12.3 Å². The van der Waals surface area contributed by atoms with E-state index >= 15 is 0 Å². The summed E-state index contributed by atoms with van der Waals surface area (Å²) in [5.41, 5.74) is 3.41. The molecular formula is C14H21N. The molecule has 2 rings (SSSR count). The van der Waals surface area contributed by atoms with Gasteiger partial charge in [0, 0.05) is 13.1 Å². The van der Waals surface area contributed by atoms with Crippen LogP contribution in [0.2, 0.25) is 0 Å². The Hall–Kier alpha value is -0.820. The van der Waals surface area contributed by atoms with Crippen LogP contribution in [0.15, 0.2) is 24.3 Å². The Labute approximate surface area is 92.9 Å². The van der Waals surface area contributed by atoms with Crippen molar-refractivity contribution >= 4 is 0 Å². The topological polar surface area (TPSA) is 12.0 Å². The molecule has 0 radical (unpaired) electrons. The van der Waals surface area contributed by atoms with Crippen LogP contribution in [0.4, 0.5) is 0 Å². The Bertz CT molecular complexity index is 326. The third-order valence-corrected chi connectivity index (χ3v) is 3.69. The number of benzene rings is 1. The maximum atomic E-state index is 3.58. The molecule has 0 spiro atoms. The molecular weight excluding hydrogens is 182 g/mol. The normalized spacial score (nSPS) is 18.5. The van der Waals surface area contributed by atoms with Crippen LogP contribution in [0.25, 0.3) is 0 Å². The van der Waals surface area contributed by atoms with E-state index in [1.54, 1.807) is 0 Å². The van der Waals surface area contributed by atoms with Gasteiger partial charge in [-0.15, -0.1) is 0 Å². The smallest absolute Gasteiger partial charge is 0.0208 e. The Morgan fingerprint density at radius 1 is 1.27 bits per heavy atom. The van der Waals surface area contributed by atoms with Gasteiger partial charge in [-0.2, -0.15) is 0 Å². The molecule has 0 bridgehead atoms. The van der Waals surface area contributed by atoms with Crippen molar-refractivity contribution in [2.24, 2.45) is 5.41 Å². The summed E-state index contributed by atoms with van der Waals surface area (Å²) in [5, 5.41) is 3.58. The molecule has 0 saturated heterocycles. The highest BCUT2D eigenvalue weighted by molar-refractivity contribution is 5.25. The van der Waals surface area contributed by atoms with Crippen molar-refractivity contribution in [1.82, 2.24) is 5.32 Å². The number of hydrogen-bond acceptors (Lipinski definition) is 1. The fourth-order valence-electron chi connectivity index (χ4n) is 2.26. The monoisotopic (exact) mass is 203 g/mol. The molecule has 0 atom stereocenters. The lowest BCUT2D eigenvalue weighted by Gasteiger charge is -2.38. The maximum absolute atomic E-state index is 3.58. The largest absolute Gasteiger partial charge is 0.312 e. The van der Waals surface area contributed by atoms with Gasteiger partial charge in [-0.1, -0.05) is 37.6 Å². The Kier molecular flexibility index (Phi) is 3.11. The van der Waals surface area contributed by atoms with Gasteiger partial charge in [0.25, 0.3) is 0 Å². The molecule has 0 unspecified atom stereocenters. The van der Waals surface area contributed by atoms with Gasteiger partial charge in [-0.3, -0.25) is 0 Å². The molecule has 1 saturated carbocycles. The summed E-state index contributed by atoms with van der Waals surface area (Å²) >= 11 is 0. The van der Waals surface area contributed by atoms with Crippen molar-refractivity contribution < 1.29 is 0 Å². The predicted octanol–water partition coefficient (Wildman–Crippen LogP) is 3.27. The molecule has 0 aliphatic heterocycles. The van der Waals surface area contributed by atoms with E-state index in [1.807, 2.05) is 0 Å². The first-order chi connectivity index (χ1) is 7.20. The molecule has 1 aromatic carbocycles. The Balaban J connectivity index is 1.81. The summed E-state index contributed by atoms with van der Waals surface area (Å²) in [7, 11) is 0. The SMILES string of the molecule is Cc1ccccc1CNCC1(C)CCC1. The van der Waals surface area contributed by atoms with Crippen molar-refractivity contribution in [3.63, 3.8) is 0 Å². The third-order valence-electron chi connectivity index (χ3n) is 3.69. The summed E-state index contributed by atoms with van der Waals surface area (Å²) in [4.78, 5) is 0. The van der Waals surface area contributed by atoms with Gasteiger partial charge in [0.05, 0.1) is 0 Å². The number of hydrogen-bond donors (Lipinski definition) is 1. The van der Waals surface area contributed by atoms with Crippen LogP contribution in [-0.4, -0.2) is 6.54 Å². The van der Waals surface area contributed by atoms with E-state index < -0.39 is 0 Å². The third kappa shape index (κ3) is 2.60. The van der Waals surface area contributed by atoms with Gasteiger partial charge in [0.15, 0.2) is 0 Å². The van der Waals surface area contributed by atoms with Crippen molar-refractivity contribution in [3.05, 3.63) is 35.4 Å². The highest BCUT2D eigenvalue weighted by atomic mass is 14.9. The van der Waals surface area contributed by atoms with E-state index in [-0.39, 0.29) is 0 Å². The first kappa shape index (κ1) is 10.7. The van der Waals surface area contributed by atoms with Crippen molar-refractivity contribution in [2.45, 2.75) is 39.7 Å². The summed E-state index contributed by atoms with van der Waals surface area (Å²) < 4.78 is 0. The summed E-state index contributed by atoms with van der Waals surface area (Å²) in [5.74, 6) is 0. The van der Waals surface area contributed by atoms with Gasteiger partial charge in [-0.05, 0) is 36.3 Å². The summed E-state index contributed by atoms with van der Waals surface area (Å²) in [6.07, 6.45) is 4.21. The minimum atomic E-state index is 0.586. The van der Waals surface area contributed by atoms with Gasteiger partial charge >= 0.3 is 0 Å². The standard InChI is InChI=1S/C14H21N/c1-12-6-3-4-7-13(12)10-15-11-14(2)8-5-9-14/h3-4,6-7,15H,5,8-11H2,1-2H3. The molecule has 1 aliphatic rings. The van der Waals surface area contributed by atoms with Crippen molar-refractivity contribution in [3.8, 4) is 0 Å². The second-order valence-corrected chi connectivity index (χ2v) is 5.19. The number of rotatable bonds is 4. The second-order valence-electron chi connectivity index (χ2n) is 5.19. The lowest BCUT2D eigenvalue weighted by atomic mass is 9.70. The molecule has 1 N–H and O–H groups in total. The fourth-order valence-corrected chi connectivity index (χ4v) is 2.26. The quantitative estimate of drug-likeness (QED) is 0.792. The van der Waals surface area contributed by atoms with E-state index in [4.69, 9.17) is 0 Å². The highest BCUT2D eigenvalue weighted by Gasteiger charge is 2.30. The highest BCUT2D eigenvalue weighted by Crippen LogP contribution is 2.39. The zero-order valence-corrected chi connectivity index (χ0v) is 9.84. The minimum absolute atomic E-state index is 0.586. The second kappa shape index (κ2) is 4.36. The summed E-state index contributed by atoms with van der Waals surface area (Å²) in [6.45, 7) is 6.76. The molecule has 1 aromatic rings. The molecule has 1 fully saturated rings. The van der Waals surface area contributed by atoms with Crippen molar-refractivity contribution in [1.29, 1.82) is 0 Å². The van der Waals surface area contributed by atoms with Gasteiger partial charge in [0.1, 0.15) is 0 Å². The summed E-state index contributed by atoms with van der Waals surface area (Å²) in [6, 6.07) is 8.62. The zero-order valence-electron chi connectivity index (χ0n) is 9.84. The molecule has 0 aromatic heterocycles. The Morgan fingerprint density at radius 3 is 2.60 bits per heavy atom. The molecule has 1 aliphatic carbocycles. The van der Waals surface area contributed by atoms with Crippen LogP contribution < -0.4 is 5.32 Å². The van der Waals surface area contributed by atoms with Crippen molar-refractivity contribution in [2.75, 3.05) is 6.54 Å². The lowest BCUT2D eigenvalue weighted by molar-refractivity contribution is 0.156. The van der Waals surface area contributed by atoms with E-state index in [2.05, 4.69) is 43.4 Å². The molecule has 1 heteroatoms. The van der Waals surface area contributed by atoms with Gasteiger partial charge < -0.3 is 5.32 Å². The molecule has 1 nitrogen and oxygen atoms in total. The molecule has 0 heterocycles. The average Bonchev–Trinajstić information content (AvgIpc) is 2.18. The van der Waals surface area contributed by atoms with Crippen LogP contribution in [0.3, 0.4) is 0 Å². The average molecular weight is 203 g/mol. The maximum Gasteiger partial charge on any atom is 0.0208 e. The number of aryl methyl sites for hydroxylation is 1. The number of nitrogens with one attached hydrogen (secondary N) is 1. The zero-order chi connectivity index (χ0) is 10.7. The van der Waals surface area contributed by atoms with E-state index in [0.29, 0.717) is 5.41 Å². The van der Waals surface area contributed by atoms with Gasteiger partial charge in [0.2, 0.25) is 0 Å². The first-order valence-corrected chi connectivity index (χ1v) is 5.95. The molecule has 0 amide bonds. The van der Waals surface area contributed by atoms with Crippen LogP contribution in [0.5, 0.6) is 0 Å². The van der Waals surface area contributed by atoms with E-state index in [9.17, 15) is 0 Å². The van der Waals surface area contributed by atoms with Crippen LogP contribution in [-0.2, 0) is 6.54 Å². The molecule has 15 heavy (non-hydrogen) atoms. The van der Waals surface area contributed by atoms with E-state index in [1.165, 1.54) is 36.9 Å². The predicted molar refractivity (Wildman–Crippen MR) is 64.8 cm³/mol. The lowest BCUT2D eigenvalue weighted by Crippen LogP contribution is -2.37. The van der Waals surface area contributed by atoms with E-state index in [0.717, 1.165) is 6.54 Å². The van der Waals surface area contributed by atoms with Gasteiger partial charge in [-0.25, -0.2) is 0 Å². The molecule has 82 valence electrons. The minimum Gasteiger partial charge on any atom is -0.312 e. The fraction of sp³-hybridized carbons (Fsp3) is 0.571. The van der Waals surface area contributed by atoms with Crippen LogP contribution >= 0.6 is 0 Å². The Morgan fingerprint density at radius 2 is 2.00 bits per heavy atom. The first-order valence-electron chi connectivity index (χ1n) is 5.95. The van der Waals surface area contributed by atoms with Crippen LogP contribution in [0.1, 0.15) is 37.3 Å².